The van der Waals surface area contributed by atoms with Gasteiger partial charge < -0.3 is 15.0 Å². The predicted octanol–water partition coefficient (Wildman–Crippen LogP) is 3.44. The number of hydrogen-bond donors (Lipinski definition) is 2. The SMILES string of the molecule is CC(C(=O)O)c1ccc(N2Cc3ccccc3C2=O)cc1.c1c[nH]cn1. The molecule has 26 heavy (non-hydrogen) atoms. The molecule has 1 unspecified atom stereocenters. The van der Waals surface area contributed by atoms with Gasteiger partial charge in [0.2, 0.25) is 0 Å². The van der Waals surface area contributed by atoms with Crippen molar-refractivity contribution in [2.75, 3.05) is 4.90 Å². The smallest absolute Gasteiger partial charge is 0.310 e. The largest absolute Gasteiger partial charge is 0.481 e. The lowest BCUT2D eigenvalue weighted by molar-refractivity contribution is -0.138. The molecule has 2 heterocycles. The molecule has 0 spiro atoms. The maximum Gasteiger partial charge on any atom is 0.310 e. The monoisotopic (exact) mass is 349 g/mol. The molecule has 132 valence electrons. The van der Waals surface area contributed by atoms with Gasteiger partial charge in [-0.05, 0) is 36.2 Å². The number of nitrogens with zero attached hydrogens (tertiary/aromatic N) is 2. The Labute approximate surface area is 151 Å². The van der Waals surface area contributed by atoms with E-state index in [1.165, 1.54) is 0 Å². The van der Waals surface area contributed by atoms with E-state index < -0.39 is 11.9 Å². The Balaban J connectivity index is 0.000000339. The van der Waals surface area contributed by atoms with Gasteiger partial charge in [-0.2, -0.15) is 0 Å². The van der Waals surface area contributed by atoms with Crippen LogP contribution in [0, 0.1) is 0 Å². The van der Waals surface area contributed by atoms with Gasteiger partial charge in [-0.3, -0.25) is 9.59 Å². The number of aliphatic carboxylic acids is 1. The van der Waals surface area contributed by atoms with Crippen LogP contribution in [-0.4, -0.2) is 27.0 Å². The maximum atomic E-state index is 12.4. The average molecular weight is 349 g/mol. The van der Waals surface area contributed by atoms with Crippen molar-refractivity contribution in [3.8, 4) is 0 Å². The second kappa shape index (κ2) is 7.65. The molecule has 4 rings (SSSR count). The molecule has 1 aliphatic heterocycles. The van der Waals surface area contributed by atoms with E-state index in [-0.39, 0.29) is 5.91 Å². The fourth-order valence-corrected chi connectivity index (χ4v) is 2.76. The summed E-state index contributed by atoms with van der Waals surface area (Å²) in [5.74, 6) is -1.41. The molecule has 0 radical (unpaired) electrons. The molecular weight excluding hydrogens is 330 g/mol. The number of carboxylic acids is 1. The second-order valence-electron chi connectivity index (χ2n) is 5.96. The van der Waals surface area contributed by atoms with Gasteiger partial charge in [0.25, 0.3) is 5.91 Å². The number of aromatic amines is 1. The first kappa shape index (κ1) is 17.4. The minimum Gasteiger partial charge on any atom is -0.481 e. The minimum absolute atomic E-state index is 0.00960. The number of aromatic nitrogens is 2. The number of amides is 1. The van der Waals surface area contributed by atoms with Crippen LogP contribution in [0.25, 0.3) is 0 Å². The van der Waals surface area contributed by atoms with Crippen LogP contribution >= 0.6 is 0 Å². The summed E-state index contributed by atoms with van der Waals surface area (Å²) < 4.78 is 0. The first-order valence-electron chi connectivity index (χ1n) is 8.23. The summed E-state index contributed by atoms with van der Waals surface area (Å²) in [6, 6.07) is 14.7. The third-order valence-electron chi connectivity index (χ3n) is 4.30. The zero-order valence-electron chi connectivity index (χ0n) is 14.3. The Morgan fingerprint density at radius 3 is 2.46 bits per heavy atom. The van der Waals surface area contributed by atoms with Crippen molar-refractivity contribution in [2.24, 2.45) is 0 Å². The molecule has 0 saturated carbocycles. The van der Waals surface area contributed by atoms with Crippen LogP contribution in [0.15, 0.2) is 67.3 Å². The number of nitrogens with one attached hydrogen (secondary N) is 1. The molecule has 0 saturated heterocycles. The highest BCUT2D eigenvalue weighted by molar-refractivity contribution is 6.09. The van der Waals surface area contributed by atoms with E-state index in [0.29, 0.717) is 6.54 Å². The van der Waals surface area contributed by atoms with Crippen molar-refractivity contribution in [2.45, 2.75) is 19.4 Å². The standard InChI is InChI=1S/C17H15NO3.C3H4N2/c1-11(17(20)21)12-6-8-14(9-7-12)18-10-13-4-2-3-5-15(13)16(18)19;1-2-5-3-4-1/h2-9,11H,10H2,1H3,(H,20,21);1-3H,(H,4,5). The zero-order valence-corrected chi connectivity index (χ0v) is 14.3. The Bertz CT molecular complexity index is 872. The van der Waals surface area contributed by atoms with Crippen molar-refractivity contribution in [1.29, 1.82) is 0 Å². The van der Waals surface area contributed by atoms with Crippen LogP contribution in [0.3, 0.4) is 0 Å². The number of hydrogen-bond acceptors (Lipinski definition) is 3. The van der Waals surface area contributed by atoms with Crippen molar-refractivity contribution in [1.82, 2.24) is 9.97 Å². The van der Waals surface area contributed by atoms with Gasteiger partial charge in [0.05, 0.1) is 18.8 Å². The number of carbonyl (C=O) groups is 2. The van der Waals surface area contributed by atoms with Gasteiger partial charge in [0.1, 0.15) is 0 Å². The summed E-state index contributed by atoms with van der Waals surface area (Å²) in [6.07, 6.45) is 5.08. The first-order valence-corrected chi connectivity index (χ1v) is 8.23. The summed E-state index contributed by atoms with van der Waals surface area (Å²) in [6.45, 7) is 2.21. The molecule has 1 amide bonds. The lowest BCUT2D eigenvalue weighted by atomic mass is 10.0. The Morgan fingerprint density at radius 2 is 1.92 bits per heavy atom. The third-order valence-corrected chi connectivity index (χ3v) is 4.30. The molecular formula is C20H19N3O3. The second-order valence-corrected chi connectivity index (χ2v) is 5.96. The van der Waals surface area contributed by atoms with Gasteiger partial charge >= 0.3 is 5.97 Å². The fourth-order valence-electron chi connectivity index (χ4n) is 2.76. The highest BCUT2D eigenvalue weighted by Crippen LogP contribution is 2.29. The number of H-pyrrole nitrogens is 1. The average Bonchev–Trinajstić information content (AvgIpc) is 3.34. The molecule has 2 N–H and O–H groups in total. The number of carboxylic acid groups (broad SMARTS) is 1. The Kier molecular flexibility index (Phi) is 5.12. The number of rotatable bonds is 3. The number of imidazole rings is 1. The van der Waals surface area contributed by atoms with Crippen LogP contribution in [0.2, 0.25) is 0 Å². The number of fused-ring (bicyclic) bond motifs is 1. The first-order chi connectivity index (χ1) is 12.6. The Morgan fingerprint density at radius 1 is 1.19 bits per heavy atom. The van der Waals surface area contributed by atoms with Crippen LogP contribution in [-0.2, 0) is 11.3 Å². The van der Waals surface area contributed by atoms with E-state index in [9.17, 15) is 9.59 Å². The molecule has 0 fully saturated rings. The van der Waals surface area contributed by atoms with Crippen LogP contribution in [0.4, 0.5) is 5.69 Å². The molecule has 3 aromatic rings. The minimum atomic E-state index is -0.854. The van der Waals surface area contributed by atoms with Gasteiger partial charge in [-0.25, -0.2) is 4.98 Å². The van der Waals surface area contributed by atoms with Gasteiger partial charge in [-0.1, -0.05) is 30.3 Å². The molecule has 2 aromatic carbocycles. The predicted molar refractivity (Wildman–Crippen MR) is 98.0 cm³/mol. The van der Waals surface area contributed by atoms with Gasteiger partial charge in [0.15, 0.2) is 0 Å². The van der Waals surface area contributed by atoms with Crippen LogP contribution in [0.1, 0.15) is 34.3 Å². The van der Waals surface area contributed by atoms with Gasteiger partial charge in [-0.15, -0.1) is 0 Å². The molecule has 1 aromatic heterocycles. The molecule has 6 heteroatoms. The van der Waals surface area contributed by atoms with Crippen molar-refractivity contribution in [3.05, 3.63) is 83.9 Å². The summed E-state index contributed by atoms with van der Waals surface area (Å²) in [5.41, 5.74) is 3.28. The normalized spacial score (nSPS) is 13.6. The van der Waals surface area contributed by atoms with E-state index in [1.54, 1.807) is 54.8 Å². The lowest BCUT2D eigenvalue weighted by Crippen LogP contribution is -2.23. The van der Waals surface area contributed by atoms with E-state index in [1.807, 2.05) is 24.3 Å². The summed E-state index contributed by atoms with van der Waals surface area (Å²) >= 11 is 0. The van der Waals surface area contributed by atoms with Crippen molar-refractivity contribution in [3.63, 3.8) is 0 Å². The Hall–Kier alpha value is -3.41. The molecule has 1 atom stereocenters. The molecule has 1 aliphatic rings. The van der Waals surface area contributed by atoms with E-state index in [4.69, 9.17) is 5.11 Å². The topological polar surface area (TPSA) is 86.3 Å². The quantitative estimate of drug-likeness (QED) is 0.758. The van der Waals surface area contributed by atoms with Crippen molar-refractivity contribution >= 4 is 17.6 Å². The summed E-state index contributed by atoms with van der Waals surface area (Å²) in [7, 11) is 0. The molecule has 0 aliphatic carbocycles. The lowest BCUT2D eigenvalue weighted by Gasteiger charge is -2.16. The fraction of sp³-hybridized carbons (Fsp3) is 0.150. The summed E-state index contributed by atoms with van der Waals surface area (Å²) in [4.78, 5) is 31.5. The van der Waals surface area contributed by atoms with E-state index in [2.05, 4.69) is 9.97 Å². The van der Waals surface area contributed by atoms with E-state index >= 15 is 0 Å². The molecule has 6 nitrogen and oxygen atoms in total. The third kappa shape index (κ3) is 3.64. The maximum absolute atomic E-state index is 12.4. The van der Waals surface area contributed by atoms with Gasteiger partial charge in [0, 0.05) is 23.6 Å². The molecule has 0 bridgehead atoms. The zero-order chi connectivity index (χ0) is 18.5. The van der Waals surface area contributed by atoms with Crippen LogP contribution < -0.4 is 4.90 Å². The number of benzene rings is 2. The van der Waals surface area contributed by atoms with Crippen molar-refractivity contribution < 1.29 is 14.7 Å². The highest BCUT2D eigenvalue weighted by Gasteiger charge is 2.28. The number of anilines is 1. The highest BCUT2D eigenvalue weighted by atomic mass is 16.4. The van der Waals surface area contributed by atoms with E-state index in [0.717, 1.165) is 22.4 Å². The summed E-state index contributed by atoms with van der Waals surface area (Å²) in [5, 5.41) is 9.01. The number of carbonyl (C=O) groups excluding carboxylic acids is 1. The van der Waals surface area contributed by atoms with Crippen LogP contribution in [0.5, 0.6) is 0 Å².